The molecule has 168 valence electrons. The Labute approximate surface area is 212 Å². The molecule has 4 aromatic carbocycles. The molecule has 0 unspecified atom stereocenters. The van der Waals surface area contributed by atoms with Crippen LogP contribution in [0.1, 0.15) is 23.6 Å². The topological polar surface area (TPSA) is 42.8 Å². The third-order valence-corrected chi connectivity index (χ3v) is 6.14. The average Bonchev–Trinajstić information content (AvgIpc) is 2.83. The van der Waals surface area contributed by atoms with Gasteiger partial charge in [0.15, 0.2) is 11.5 Å². The monoisotopic (exact) mass is 570 g/mol. The van der Waals surface area contributed by atoms with Crippen LogP contribution in [-0.4, -0.2) is 12.8 Å². The highest BCUT2D eigenvalue weighted by atomic mass is 127. The van der Waals surface area contributed by atoms with Crippen molar-refractivity contribution in [2.75, 3.05) is 6.61 Å². The highest BCUT2D eigenvalue weighted by molar-refractivity contribution is 14.1. The molecule has 0 aliphatic heterocycles. The van der Waals surface area contributed by atoms with E-state index in [-0.39, 0.29) is 0 Å². The first-order valence-corrected chi connectivity index (χ1v) is 12.2. The maximum Gasteiger partial charge on any atom is 0.175 e. The fourth-order valence-corrected chi connectivity index (χ4v) is 4.40. The van der Waals surface area contributed by atoms with Gasteiger partial charge in [-0.15, -0.1) is 0 Å². The molecule has 0 amide bonds. The van der Waals surface area contributed by atoms with E-state index in [0.29, 0.717) is 25.5 Å². The number of nitrogens with zero attached hydrogens (tertiary/aromatic N) is 1. The Morgan fingerprint density at radius 2 is 1.76 bits per heavy atom. The lowest BCUT2D eigenvalue weighted by Gasteiger charge is -2.15. The third-order valence-electron chi connectivity index (χ3n) is 5.08. The lowest BCUT2D eigenvalue weighted by atomic mass is 10.1. The molecule has 0 aliphatic carbocycles. The van der Waals surface area contributed by atoms with E-state index in [4.69, 9.17) is 21.1 Å². The Morgan fingerprint density at radius 1 is 0.970 bits per heavy atom. The summed E-state index contributed by atoms with van der Waals surface area (Å²) in [6, 6.07) is 26.3. The molecule has 0 fully saturated rings. The molecule has 4 nitrogen and oxygen atoms in total. The first-order valence-electron chi connectivity index (χ1n) is 10.7. The normalized spacial score (nSPS) is 11.1. The van der Waals surface area contributed by atoms with Crippen LogP contribution in [0.15, 0.2) is 84.0 Å². The van der Waals surface area contributed by atoms with E-state index in [0.717, 1.165) is 31.0 Å². The number of fused-ring (bicyclic) bond motifs is 1. The second-order valence-corrected chi connectivity index (χ2v) is 9.01. The van der Waals surface area contributed by atoms with Crippen molar-refractivity contribution in [3.8, 4) is 11.5 Å². The molecule has 0 aliphatic rings. The summed E-state index contributed by atoms with van der Waals surface area (Å²) >= 11 is 8.22. The molecule has 6 heteroatoms. The van der Waals surface area contributed by atoms with Gasteiger partial charge in [0.1, 0.15) is 6.61 Å². The molecule has 0 radical (unpaired) electrons. The molecule has 33 heavy (non-hydrogen) atoms. The smallest absolute Gasteiger partial charge is 0.175 e. The zero-order chi connectivity index (χ0) is 23.0. The van der Waals surface area contributed by atoms with Crippen LogP contribution in [0.5, 0.6) is 11.5 Å². The van der Waals surface area contributed by atoms with Crippen molar-refractivity contribution in [3.63, 3.8) is 0 Å². The number of rotatable bonds is 9. The van der Waals surface area contributed by atoms with E-state index >= 15 is 0 Å². The van der Waals surface area contributed by atoms with Crippen molar-refractivity contribution >= 4 is 51.2 Å². The second kappa shape index (κ2) is 11.4. The number of benzene rings is 4. The van der Waals surface area contributed by atoms with Crippen molar-refractivity contribution in [1.82, 2.24) is 5.43 Å². The second-order valence-electron chi connectivity index (χ2n) is 7.41. The summed E-state index contributed by atoms with van der Waals surface area (Å²) in [5.41, 5.74) is 6.26. The van der Waals surface area contributed by atoms with Gasteiger partial charge < -0.3 is 14.9 Å². The van der Waals surface area contributed by atoms with Gasteiger partial charge in [0, 0.05) is 5.02 Å². The van der Waals surface area contributed by atoms with Crippen molar-refractivity contribution in [2.45, 2.75) is 20.1 Å². The zero-order valence-electron chi connectivity index (χ0n) is 18.2. The van der Waals surface area contributed by atoms with Gasteiger partial charge in [-0.1, -0.05) is 66.2 Å². The van der Waals surface area contributed by atoms with Gasteiger partial charge in [-0.05, 0) is 81.2 Å². The maximum atomic E-state index is 6.26. The van der Waals surface area contributed by atoms with Crippen molar-refractivity contribution in [2.24, 2.45) is 5.10 Å². The maximum absolute atomic E-state index is 6.26. The Kier molecular flexibility index (Phi) is 8.07. The predicted molar refractivity (Wildman–Crippen MR) is 144 cm³/mol. The molecule has 0 spiro atoms. The SMILES string of the molecule is CCOc1cc(/C=N\NCc2ccc(Cl)cc2)cc(I)c1OCc1cccc2ccccc12. The summed E-state index contributed by atoms with van der Waals surface area (Å²) in [7, 11) is 0. The molecule has 0 saturated heterocycles. The van der Waals surface area contributed by atoms with Crippen molar-refractivity contribution in [1.29, 1.82) is 0 Å². The minimum Gasteiger partial charge on any atom is -0.490 e. The third kappa shape index (κ3) is 6.18. The lowest BCUT2D eigenvalue weighted by molar-refractivity contribution is 0.268. The van der Waals surface area contributed by atoms with Crippen LogP contribution in [-0.2, 0) is 13.2 Å². The van der Waals surface area contributed by atoms with Crippen LogP contribution < -0.4 is 14.9 Å². The summed E-state index contributed by atoms with van der Waals surface area (Å²) in [5, 5.41) is 7.48. The van der Waals surface area contributed by atoms with E-state index in [1.807, 2.05) is 49.4 Å². The Bertz CT molecular complexity index is 1250. The first kappa shape index (κ1) is 23.4. The number of ether oxygens (including phenoxy) is 2. The Morgan fingerprint density at radius 3 is 2.58 bits per heavy atom. The fourth-order valence-electron chi connectivity index (χ4n) is 3.49. The summed E-state index contributed by atoms with van der Waals surface area (Å²) in [6.07, 6.45) is 1.79. The summed E-state index contributed by atoms with van der Waals surface area (Å²) in [5.74, 6) is 1.46. The van der Waals surface area contributed by atoms with Crippen LogP contribution in [0.2, 0.25) is 5.02 Å². The van der Waals surface area contributed by atoms with Gasteiger partial charge in [-0.3, -0.25) is 0 Å². The van der Waals surface area contributed by atoms with Gasteiger partial charge in [0.2, 0.25) is 0 Å². The molecular weight excluding hydrogens is 547 g/mol. The van der Waals surface area contributed by atoms with Crippen molar-refractivity contribution in [3.05, 3.63) is 104 Å². The quantitative estimate of drug-likeness (QED) is 0.131. The number of hydrogen-bond donors (Lipinski definition) is 1. The van der Waals surface area contributed by atoms with Crippen LogP contribution in [0, 0.1) is 3.57 Å². The van der Waals surface area contributed by atoms with Gasteiger partial charge in [-0.2, -0.15) is 5.10 Å². The standard InChI is InChI=1S/C27H24ClIN2O2/c1-2-32-26-15-20(17-31-30-16-19-10-12-23(28)13-11-19)14-25(29)27(26)33-18-22-8-5-7-21-6-3-4-9-24(21)22/h3-15,17,30H,2,16,18H2,1H3/b31-17-. The van der Waals surface area contributed by atoms with E-state index in [9.17, 15) is 0 Å². The van der Waals surface area contributed by atoms with Gasteiger partial charge >= 0.3 is 0 Å². The van der Waals surface area contributed by atoms with Gasteiger partial charge in [-0.25, -0.2) is 0 Å². The molecule has 0 atom stereocenters. The van der Waals surface area contributed by atoms with Gasteiger partial charge in [0.05, 0.1) is 22.9 Å². The van der Waals surface area contributed by atoms with E-state index < -0.39 is 0 Å². The highest BCUT2D eigenvalue weighted by Gasteiger charge is 2.13. The van der Waals surface area contributed by atoms with E-state index in [1.165, 1.54) is 10.8 Å². The average molecular weight is 571 g/mol. The lowest BCUT2D eigenvalue weighted by Crippen LogP contribution is -2.06. The fraction of sp³-hybridized carbons (Fsp3) is 0.148. The molecule has 1 N–H and O–H groups in total. The summed E-state index contributed by atoms with van der Waals surface area (Å²) in [6.45, 7) is 3.61. The summed E-state index contributed by atoms with van der Waals surface area (Å²) in [4.78, 5) is 0. The Balaban J connectivity index is 1.47. The number of nitrogens with one attached hydrogen (secondary N) is 1. The van der Waals surface area contributed by atoms with Crippen LogP contribution in [0.25, 0.3) is 10.8 Å². The molecule has 0 aromatic heterocycles. The largest absolute Gasteiger partial charge is 0.490 e. The van der Waals surface area contributed by atoms with Crippen LogP contribution >= 0.6 is 34.2 Å². The van der Waals surface area contributed by atoms with Crippen molar-refractivity contribution < 1.29 is 9.47 Å². The summed E-state index contributed by atoms with van der Waals surface area (Å²) < 4.78 is 13.1. The molecule has 0 bridgehead atoms. The van der Waals surface area contributed by atoms with E-state index in [1.54, 1.807) is 6.21 Å². The van der Waals surface area contributed by atoms with Gasteiger partial charge in [0.25, 0.3) is 0 Å². The molecular formula is C27H24ClIN2O2. The minimum absolute atomic E-state index is 0.466. The number of halogens is 2. The highest BCUT2D eigenvalue weighted by Crippen LogP contribution is 2.35. The van der Waals surface area contributed by atoms with E-state index in [2.05, 4.69) is 69.5 Å². The first-order chi connectivity index (χ1) is 16.1. The molecule has 4 rings (SSSR count). The molecule has 0 heterocycles. The van der Waals surface area contributed by atoms with Crippen LogP contribution in [0.4, 0.5) is 0 Å². The molecule has 0 saturated carbocycles. The Hall–Kier alpha value is -2.77. The predicted octanol–water partition coefficient (Wildman–Crippen LogP) is 7.20. The molecule has 4 aromatic rings. The number of hydrazone groups is 1. The minimum atomic E-state index is 0.466. The number of hydrogen-bond acceptors (Lipinski definition) is 4. The van der Waals surface area contributed by atoms with Crippen LogP contribution in [0.3, 0.4) is 0 Å². The zero-order valence-corrected chi connectivity index (χ0v) is 21.1.